The van der Waals surface area contributed by atoms with Gasteiger partial charge in [0, 0.05) is 0 Å². The van der Waals surface area contributed by atoms with Crippen LogP contribution in [-0.4, -0.2) is 11.9 Å². The van der Waals surface area contributed by atoms with Gasteiger partial charge >= 0.3 is 11.9 Å². The van der Waals surface area contributed by atoms with Gasteiger partial charge in [-0.05, 0) is 73.0 Å². The van der Waals surface area contributed by atoms with Crippen LogP contribution in [0.2, 0.25) is 0 Å². The number of fused-ring (bicyclic) bond motifs is 3. The van der Waals surface area contributed by atoms with Crippen molar-refractivity contribution in [2.45, 2.75) is 52.4 Å². The van der Waals surface area contributed by atoms with Crippen molar-refractivity contribution in [2.75, 3.05) is 0 Å². The molecule has 1 heterocycles. The van der Waals surface area contributed by atoms with Crippen LogP contribution in [0.15, 0.2) is 24.3 Å². The Bertz CT molecular complexity index is 700. The highest BCUT2D eigenvalue weighted by atomic mass is 16.6. The topological polar surface area (TPSA) is 43.4 Å². The number of esters is 2. The van der Waals surface area contributed by atoms with Crippen LogP contribution in [0.4, 0.5) is 0 Å². The van der Waals surface area contributed by atoms with E-state index in [4.69, 9.17) is 4.74 Å². The molecule has 9 atom stereocenters. The number of carbonyl (C=O) groups excluding carboxylic acids is 2. The fourth-order valence-electron chi connectivity index (χ4n) is 7.48. The number of hydrogen-bond acceptors (Lipinski definition) is 3. The Hall–Kier alpha value is -1.38. The van der Waals surface area contributed by atoms with Gasteiger partial charge in [-0.25, -0.2) is 0 Å². The minimum Gasteiger partial charge on any atom is -0.393 e. The molecule has 4 saturated carbocycles. The van der Waals surface area contributed by atoms with Gasteiger partial charge in [-0.2, -0.15) is 0 Å². The Kier molecular flexibility index (Phi) is 4.14. The molecule has 0 radical (unpaired) electrons. The van der Waals surface area contributed by atoms with Gasteiger partial charge in [-0.1, -0.05) is 44.4 Å². The fourth-order valence-corrected chi connectivity index (χ4v) is 7.48. The Balaban J connectivity index is 1.33. The molecule has 5 rings (SSSR count). The quantitative estimate of drug-likeness (QED) is 0.398. The third kappa shape index (κ3) is 2.76. The monoisotopic (exact) mass is 368 g/mol. The van der Waals surface area contributed by atoms with Gasteiger partial charge in [0.15, 0.2) is 0 Å². The molecule has 0 aromatic carbocycles. The summed E-state index contributed by atoms with van der Waals surface area (Å²) in [4.78, 5) is 24.4. The molecule has 1 saturated heterocycles. The normalized spacial score (nSPS) is 48.1. The van der Waals surface area contributed by atoms with Crippen LogP contribution < -0.4 is 0 Å². The minimum absolute atomic E-state index is 0.0816. The fraction of sp³-hybridized carbons (Fsp3) is 0.750. The van der Waals surface area contributed by atoms with Gasteiger partial charge in [0.2, 0.25) is 0 Å². The zero-order valence-electron chi connectivity index (χ0n) is 16.6. The lowest BCUT2D eigenvalue weighted by molar-refractivity contribution is -0.154. The van der Waals surface area contributed by atoms with Crippen LogP contribution in [0, 0.1) is 59.2 Å². The highest BCUT2D eigenvalue weighted by molar-refractivity contribution is 5.97. The molecule has 146 valence electrons. The molecule has 9 unspecified atom stereocenters. The largest absolute Gasteiger partial charge is 0.393 e. The molecule has 2 bridgehead atoms. The molecule has 0 amide bonds. The summed E-state index contributed by atoms with van der Waals surface area (Å²) in [7, 11) is 0. The first-order valence-electron chi connectivity index (χ1n) is 11.1. The van der Waals surface area contributed by atoms with Crippen molar-refractivity contribution in [1.82, 2.24) is 0 Å². The van der Waals surface area contributed by atoms with Gasteiger partial charge in [-0.3, -0.25) is 9.59 Å². The first kappa shape index (κ1) is 17.7. The number of rotatable bonds is 5. The van der Waals surface area contributed by atoms with Gasteiger partial charge in [-0.15, -0.1) is 6.58 Å². The summed E-state index contributed by atoms with van der Waals surface area (Å²) in [6.45, 7) is 8.84. The highest BCUT2D eigenvalue weighted by Gasteiger charge is 2.57. The van der Waals surface area contributed by atoms with Crippen molar-refractivity contribution in [3.63, 3.8) is 0 Å². The summed E-state index contributed by atoms with van der Waals surface area (Å²) in [5.41, 5.74) is 1.57. The van der Waals surface area contributed by atoms with Crippen LogP contribution in [0.5, 0.6) is 0 Å². The van der Waals surface area contributed by atoms with E-state index >= 15 is 0 Å². The van der Waals surface area contributed by atoms with Crippen LogP contribution >= 0.6 is 0 Å². The Labute approximate surface area is 162 Å². The molecule has 3 heteroatoms. The summed E-state index contributed by atoms with van der Waals surface area (Å²) in [6, 6.07) is 0. The van der Waals surface area contributed by atoms with Gasteiger partial charge in [0.25, 0.3) is 0 Å². The minimum atomic E-state index is -0.328. The van der Waals surface area contributed by atoms with Gasteiger partial charge in [0.1, 0.15) is 0 Å². The maximum absolute atomic E-state index is 12.3. The average Bonchev–Trinajstić information content (AvgIpc) is 2.98. The van der Waals surface area contributed by atoms with E-state index < -0.39 is 0 Å². The number of allylic oxidation sites excluding steroid dienone is 3. The van der Waals surface area contributed by atoms with Crippen molar-refractivity contribution in [3.05, 3.63) is 24.3 Å². The number of cyclic esters (lactones) is 2. The molecule has 0 aromatic heterocycles. The predicted octanol–water partition coefficient (Wildman–Crippen LogP) is 4.78. The lowest BCUT2D eigenvalue weighted by Crippen LogP contribution is -2.28. The van der Waals surface area contributed by atoms with Crippen LogP contribution in [0.25, 0.3) is 0 Å². The summed E-state index contributed by atoms with van der Waals surface area (Å²) < 4.78 is 4.97. The summed E-state index contributed by atoms with van der Waals surface area (Å²) >= 11 is 0. The number of hydrogen-bond donors (Lipinski definition) is 0. The standard InChI is InChI=1S/C24H32O3/c1-4-15-8-17(22-21(15)23(25)27-24(22)26)9-16-10-18-11-19(16)13(3)20(18)12(2)7-14-5-6-14/h4,9,12-15,17-22H,1,5-8,10-11H2,2-3H3/b16-9+. The third-order valence-corrected chi connectivity index (χ3v) is 8.71. The molecule has 0 aromatic rings. The van der Waals surface area contributed by atoms with Crippen molar-refractivity contribution in [1.29, 1.82) is 0 Å². The molecule has 27 heavy (non-hydrogen) atoms. The van der Waals surface area contributed by atoms with E-state index in [2.05, 4.69) is 26.5 Å². The Morgan fingerprint density at radius 1 is 1.15 bits per heavy atom. The summed E-state index contributed by atoms with van der Waals surface area (Å²) in [5.74, 6) is 4.06. The molecule has 4 aliphatic carbocycles. The number of carbonyl (C=O) groups is 2. The van der Waals surface area contributed by atoms with Crippen molar-refractivity contribution < 1.29 is 14.3 Å². The van der Waals surface area contributed by atoms with E-state index in [1.165, 1.54) is 32.1 Å². The van der Waals surface area contributed by atoms with Crippen LogP contribution in [-0.2, 0) is 14.3 Å². The molecular weight excluding hydrogens is 336 g/mol. The lowest BCUT2D eigenvalue weighted by atomic mass is 9.70. The van der Waals surface area contributed by atoms with Crippen LogP contribution in [0.1, 0.15) is 52.4 Å². The molecule has 5 aliphatic rings. The summed E-state index contributed by atoms with van der Waals surface area (Å²) in [5, 5.41) is 0. The van der Waals surface area contributed by atoms with E-state index in [1.54, 1.807) is 5.57 Å². The molecule has 5 fully saturated rings. The second-order valence-corrected chi connectivity index (χ2v) is 10.2. The van der Waals surface area contributed by atoms with Gasteiger partial charge < -0.3 is 4.74 Å². The van der Waals surface area contributed by atoms with Crippen LogP contribution in [0.3, 0.4) is 0 Å². The molecule has 1 aliphatic heterocycles. The molecule has 0 N–H and O–H groups in total. The maximum Gasteiger partial charge on any atom is 0.318 e. The van der Waals surface area contributed by atoms with Crippen molar-refractivity contribution in [2.24, 2.45) is 59.2 Å². The first-order chi connectivity index (χ1) is 13.0. The molecule has 3 nitrogen and oxygen atoms in total. The SMILES string of the molecule is C=CC1CC(/C=C2\CC3CC2C(C)C3C(C)CC2CC2)C2C(=O)OC(=O)C12. The van der Waals surface area contributed by atoms with E-state index in [1.807, 2.05) is 6.08 Å². The third-order valence-electron chi connectivity index (χ3n) is 8.71. The zero-order valence-corrected chi connectivity index (χ0v) is 16.6. The van der Waals surface area contributed by atoms with E-state index in [0.717, 1.165) is 36.0 Å². The first-order valence-corrected chi connectivity index (χ1v) is 11.1. The zero-order chi connectivity index (χ0) is 18.9. The molecular formula is C24H32O3. The number of ether oxygens (including phenoxy) is 1. The average molecular weight is 369 g/mol. The second-order valence-electron chi connectivity index (χ2n) is 10.2. The molecule has 0 spiro atoms. The summed E-state index contributed by atoms with van der Waals surface area (Å²) in [6.07, 6.45) is 12.0. The Morgan fingerprint density at radius 3 is 2.48 bits per heavy atom. The van der Waals surface area contributed by atoms with E-state index in [0.29, 0.717) is 5.92 Å². The Morgan fingerprint density at radius 2 is 1.85 bits per heavy atom. The smallest absolute Gasteiger partial charge is 0.318 e. The highest BCUT2D eigenvalue weighted by Crippen LogP contribution is 2.59. The van der Waals surface area contributed by atoms with E-state index in [9.17, 15) is 9.59 Å². The van der Waals surface area contributed by atoms with Gasteiger partial charge in [0.05, 0.1) is 11.8 Å². The van der Waals surface area contributed by atoms with E-state index in [-0.39, 0.29) is 35.6 Å². The van der Waals surface area contributed by atoms with Crippen molar-refractivity contribution in [3.8, 4) is 0 Å². The lowest BCUT2D eigenvalue weighted by Gasteiger charge is -2.35. The predicted molar refractivity (Wildman–Crippen MR) is 103 cm³/mol. The second kappa shape index (κ2) is 6.32. The maximum atomic E-state index is 12.3. The van der Waals surface area contributed by atoms with Crippen molar-refractivity contribution >= 4 is 11.9 Å².